The molecule has 0 saturated heterocycles. The average molecular weight is 188 g/mol. The van der Waals surface area contributed by atoms with Gasteiger partial charge in [0.25, 0.3) is 0 Å². The van der Waals surface area contributed by atoms with Gasteiger partial charge in [-0.05, 0) is 30.4 Å². The Kier molecular flexibility index (Phi) is 2.53. The standard InChI is InChI=1S/C12H16N2/c1-3-9(4-2)10-6-5-7-11-12(10)14-8-13-11/h5-9H,3-4H2,1-2H3,(H,13,14). The Balaban J connectivity index is 2.54. The Morgan fingerprint density at radius 1 is 1.29 bits per heavy atom. The molecular formula is C12H16N2. The van der Waals surface area contributed by atoms with E-state index in [1.54, 1.807) is 6.33 Å². The van der Waals surface area contributed by atoms with Gasteiger partial charge in [-0.25, -0.2) is 4.98 Å². The fraction of sp³-hybridized carbons (Fsp3) is 0.417. The van der Waals surface area contributed by atoms with E-state index in [0.717, 1.165) is 11.0 Å². The Morgan fingerprint density at radius 2 is 2.07 bits per heavy atom. The van der Waals surface area contributed by atoms with Crippen LogP contribution in [0.15, 0.2) is 24.5 Å². The highest BCUT2D eigenvalue weighted by Gasteiger charge is 2.11. The molecule has 0 saturated carbocycles. The van der Waals surface area contributed by atoms with E-state index in [4.69, 9.17) is 0 Å². The molecule has 0 spiro atoms. The van der Waals surface area contributed by atoms with Crippen LogP contribution in [0.25, 0.3) is 11.0 Å². The molecule has 2 aromatic rings. The summed E-state index contributed by atoms with van der Waals surface area (Å²) >= 11 is 0. The molecule has 2 rings (SSSR count). The van der Waals surface area contributed by atoms with Crippen molar-refractivity contribution in [3.05, 3.63) is 30.1 Å². The van der Waals surface area contributed by atoms with Crippen molar-refractivity contribution in [2.45, 2.75) is 32.6 Å². The summed E-state index contributed by atoms with van der Waals surface area (Å²) in [5, 5.41) is 0. The maximum absolute atomic E-state index is 4.38. The van der Waals surface area contributed by atoms with E-state index >= 15 is 0 Å². The van der Waals surface area contributed by atoms with E-state index in [1.807, 2.05) is 0 Å². The van der Waals surface area contributed by atoms with Gasteiger partial charge in [-0.2, -0.15) is 0 Å². The molecule has 1 heterocycles. The quantitative estimate of drug-likeness (QED) is 0.785. The van der Waals surface area contributed by atoms with Crippen LogP contribution in [0.5, 0.6) is 0 Å². The molecule has 0 amide bonds. The van der Waals surface area contributed by atoms with Crippen LogP contribution < -0.4 is 0 Å². The molecule has 1 aromatic heterocycles. The third kappa shape index (κ3) is 1.41. The minimum Gasteiger partial charge on any atom is -0.345 e. The number of rotatable bonds is 3. The molecule has 0 aliphatic carbocycles. The van der Waals surface area contributed by atoms with E-state index in [-0.39, 0.29) is 0 Å². The van der Waals surface area contributed by atoms with Gasteiger partial charge in [0.1, 0.15) is 0 Å². The van der Waals surface area contributed by atoms with Gasteiger partial charge in [-0.15, -0.1) is 0 Å². The lowest BCUT2D eigenvalue weighted by atomic mass is 9.93. The Bertz CT molecular complexity index is 413. The number of aromatic nitrogens is 2. The van der Waals surface area contributed by atoms with Crippen molar-refractivity contribution >= 4 is 11.0 Å². The van der Waals surface area contributed by atoms with Crippen LogP contribution in [0.1, 0.15) is 38.2 Å². The van der Waals surface area contributed by atoms with Gasteiger partial charge in [-0.3, -0.25) is 0 Å². The molecule has 0 unspecified atom stereocenters. The molecule has 0 radical (unpaired) electrons. The van der Waals surface area contributed by atoms with Gasteiger partial charge in [-0.1, -0.05) is 26.0 Å². The van der Waals surface area contributed by atoms with Crippen LogP contribution >= 0.6 is 0 Å². The first-order chi connectivity index (χ1) is 6.86. The first-order valence-corrected chi connectivity index (χ1v) is 5.28. The van der Waals surface area contributed by atoms with Crippen LogP contribution in [0, 0.1) is 0 Å². The largest absolute Gasteiger partial charge is 0.345 e. The Hall–Kier alpha value is -1.31. The molecule has 14 heavy (non-hydrogen) atoms. The number of hydrogen-bond donors (Lipinski definition) is 1. The lowest BCUT2D eigenvalue weighted by molar-refractivity contribution is 0.645. The smallest absolute Gasteiger partial charge is 0.0931 e. The number of nitrogens with one attached hydrogen (secondary N) is 1. The van der Waals surface area contributed by atoms with Crippen molar-refractivity contribution in [3.63, 3.8) is 0 Å². The van der Waals surface area contributed by atoms with Crippen LogP contribution in [0.4, 0.5) is 0 Å². The molecule has 74 valence electrons. The minimum absolute atomic E-state index is 0.641. The van der Waals surface area contributed by atoms with E-state index in [1.165, 1.54) is 18.4 Å². The average Bonchev–Trinajstić information content (AvgIpc) is 2.68. The molecule has 0 aliphatic heterocycles. The third-order valence-corrected chi connectivity index (χ3v) is 2.91. The van der Waals surface area contributed by atoms with Gasteiger partial charge >= 0.3 is 0 Å². The third-order valence-electron chi connectivity index (χ3n) is 2.91. The van der Waals surface area contributed by atoms with Crippen LogP contribution in [0.3, 0.4) is 0 Å². The van der Waals surface area contributed by atoms with E-state index in [0.29, 0.717) is 5.92 Å². The number of benzene rings is 1. The summed E-state index contributed by atoms with van der Waals surface area (Å²) in [7, 11) is 0. The summed E-state index contributed by atoms with van der Waals surface area (Å²) in [4.78, 5) is 7.53. The Morgan fingerprint density at radius 3 is 2.79 bits per heavy atom. The number of hydrogen-bond acceptors (Lipinski definition) is 1. The molecule has 2 nitrogen and oxygen atoms in total. The summed E-state index contributed by atoms with van der Waals surface area (Å²) in [5.74, 6) is 0.641. The van der Waals surface area contributed by atoms with E-state index < -0.39 is 0 Å². The molecule has 0 atom stereocenters. The number of nitrogens with zero attached hydrogens (tertiary/aromatic N) is 1. The van der Waals surface area contributed by atoms with Gasteiger partial charge in [0.05, 0.1) is 17.4 Å². The highest BCUT2D eigenvalue weighted by molar-refractivity contribution is 5.78. The monoisotopic (exact) mass is 188 g/mol. The van der Waals surface area contributed by atoms with Crippen LogP contribution in [-0.2, 0) is 0 Å². The molecular weight excluding hydrogens is 172 g/mol. The second-order valence-corrected chi connectivity index (χ2v) is 3.66. The van der Waals surface area contributed by atoms with Crippen molar-refractivity contribution in [2.24, 2.45) is 0 Å². The molecule has 2 heteroatoms. The molecule has 1 N–H and O–H groups in total. The lowest BCUT2D eigenvalue weighted by Gasteiger charge is -2.12. The predicted octanol–water partition coefficient (Wildman–Crippen LogP) is 3.47. The zero-order valence-electron chi connectivity index (χ0n) is 8.75. The van der Waals surface area contributed by atoms with Crippen molar-refractivity contribution in [1.29, 1.82) is 0 Å². The van der Waals surface area contributed by atoms with Gasteiger partial charge < -0.3 is 4.98 Å². The first-order valence-electron chi connectivity index (χ1n) is 5.28. The summed E-state index contributed by atoms with van der Waals surface area (Å²) in [6.45, 7) is 4.47. The summed E-state index contributed by atoms with van der Waals surface area (Å²) in [6, 6.07) is 6.38. The van der Waals surface area contributed by atoms with E-state index in [9.17, 15) is 0 Å². The number of fused-ring (bicyclic) bond motifs is 1. The number of aromatic amines is 1. The first kappa shape index (κ1) is 9.25. The van der Waals surface area contributed by atoms with Gasteiger partial charge in [0.2, 0.25) is 0 Å². The molecule has 1 aromatic carbocycles. The fourth-order valence-electron chi connectivity index (χ4n) is 2.05. The zero-order valence-corrected chi connectivity index (χ0v) is 8.75. The van der Waals surface area contributed by atoms with Crippen LogP contribution in [-0.4, -0.2) is 9.97 Å². The fourth-order valence-corrected chi connectivity index (χ4v) is 2.05. The van der Waals surface area contributed by atoms with E-state index in [2.05, 4.69) is 42.0 Å². The predicted molar refractivity (Wildman–Crippen MR) is 59.4 cm³/mol. The van der Waals surface area contributed by atoms with Gasteiger partial charge in [0.15, 0.2) is 0 Å². The highest BCUT2D eigenvalue weighted by atomic mass is 14.9. The highest BCUT2D eigenvalue weighted by Crippen LogP contribution is 2.27. The number of imidazole rings is 1. The maximum atomic E-state index is 4.38. The number of H-pyrrole nitrogens is 1. The Labute approximate surface area is 84.4 Å². The molecule has 0 bridgehead atoms. The second-order valence-electron chi connectivity index (χ2n) is 3.66. The van der Waals surface area contributed by atoms with Gasteiger partial charge in [0, 0.05) is 0 Å². The topological polar surface area (TPSA) is 28.7 Å². The van der Waals surface area contributed by atoms with Crippen molar-refractivity contribution < 1.29 is 0 Å². The lowest BCUT2D eigenvalue weighted by Crippen LogP contribution is -1.96. The summed E-state index contributed by atoms with van der Waals surface area (Å²) in [6.07, 6.45) is 4.14. The summed E-state index contributed by atoms with van der Waals surface area (Å²) in [5.41, 5.74) is 3.67. The SMILES string of the molecule is CCC(CC)c1cccc2[nH]cnc12. The second kappa shape index (κ2) is 3.82. The molecule has 0 aliphatic rings. The molecule has 0 fully saturated rings. The van der Waals surface area contributed by atoms with Crippen molar-refractivity contribution in [3.8, 4) is 0 Å². The van der Waals surface area contributed by atoms with Crippen molar-refractivity contribution in [1.82, 2.24) is 9.97 Å². The normalized spacial score (nSPS) is 11.4. The summed E-state index contributed by atoms with van der Waals surface area (Å²) < 4.78 is 0. The van der Waals surface area contributed by atoms with Crippen molar-refractivity contribution in [2.75, 3.05) is 0 Å². The maximum Gasteiger partial charge on any atom is 0.0931 e. The number of para-hydroxylation sites is 1. The minimum atomic E-state index is 0.641. The zero-order chi connectivity index (χ0) is 9.97. The van der Waals surface area contributed by atoms with Crippen LogP contribution in [0.2, 0.25) is 0 Å².